The molecule has 0 aliphatic heterocycles. The van der Waals surface area contributed by atoms with Gasteiger partial charge in [-0.3, -0.25) is 4.79 Å². The van der Waals surface area contributed by atoms with Gasteiger partial charge in [0.05, 0.1) is 18.8 Å². The lowest BCUT2D eigenvalue weighted by Gasteiger charge is -2.11. The van der Waals surface area contributed by atoms with E-state index in [1.165, 1.54) is 6.07 Å². The fraction of sp³-hybridized carbons (Fsp3) is 0.467. The number of hydrogen-bond donors (Lipinski definition) is 1. The number of nitrogens with two attached hydrogens (primary N) is 1. The number of halogens is 1. The second-order valence-corrected chi connectivity index (χ2v) is 4.88. The molecule has 1 rings (SSSR count). The third kappa shape index (κ3) is 6.08. The van der Waals surface area contributed by atoms with Crippen LogP contribution in [0.3, 0.4) is 0 Å². The van der Waals surface area contributed by atoms with Gasteiger partial charge < -0.3 is 15.2 Å². The van der Waals surface area contributed by atoms with Crippen LogP contribution in [0.5, 0.6) is 5.75 Å². The average molecular weight is 313 g/mol. The Morgan fingerprint density at radius 2 is 2.10 bits per heavy atom. The van der Waals surface area contributed by atoms with E-state index < -0.39 is 5.82 Å². The van der Waals surface area contributed by atoms with E-state index in [9.17, 15) is 9.18 Å². The summed E-state index contributed by atoms with van der Waals surface area (Å²) in [6, 6.07) is 4.48. The molecule has 0 atom stereocenters. The minimum atomic E-state index is -0.484. The van der Waals surface area contributed by atoms with Gasteiger partial charge in [0.2, 0.25) is 0 Å². The van der Waals surface area contributed by atoms with Gasteiger partial charge in [0.15, 0.2) is 0 Å². The fourth-order valence-corrected chi connectivity index (χ4v) is 2.03. The Hall–Kier alpha value is -1.69. The normalized spacial score (nSPS) is 10.2. The Kier molecular flexibility index (Phi) is 7.68. The predicted octanol–water partition coefficient (Wildman–Crippen LogP) is 2.96. The maximum Gasteiger partial charge on any atom is 0.305 e. The number of esters is 1. The molecule has 0 saturated heterocycles. The zero-order chi connectivity index (χ0) is 15.7. The minimum absolute atomic E-state index is 0.0228. The second kappa shape index (κ2) is 9.28. The average Bonchev–Trinajstić information content (AvgIpc) is 2.42. The van der Waals surface area contributed by atoms with E-state index in [2.05, 4.69) is 0 Å². The first-order chi connectivity index (χ1) is 10.1. The molecule has 0 saturated carbocycles. The van der Waals surface area contributed by atoms with Crippen LogP contribution >= 0.6 is 12.2 Å². The van der Waals surface area contributed by atoms with E-state index >= 15 is 0 Å². The summed E-state index contributed by atoms with van der Waals surface area (Å²) in [7, 11) is 0. The van der Waals surface area contributed by atoms with E-state index in [1.54, 1.807) is 19.1 Å². The highest BCUT2D eigenvalue weighted by atomic mass is 32.1. The van der Waals surface area contributed by atoms with Crippen LogP contribution in [-0.4, -0.2) is 24.2 Å². The van der Waals surface area contributed by atoms with Crippen molar-refractivity contribution >= 4 is 23.2 Å². The van der Waals surface area contributed by atoms with E-state index in [4.69, 9.17) is 27.4 Å². The Morgan fingerprint density at radius 1 is 1.33 bits per heavy atom. The van der Waals surface area contributed by atoms with Crippen LogP contribution in [0.15, 0.2) is 18.2 Å². The molecular formula is C15H20FNO3S. The molecule has 0 radical (unpaired) electrons. The molecule has 0 unspecified atom stereocenters. The summed E-state index contributed by atoms with van der Waals surface area (Å²) in [5.41, 5.74) is 5.63. The molecule has 116 valence electrons. The molecule has 1 aromatic carbocycles. The Bertz CT molecular complexity index is 494. The number of unbranched alkanes of at least 4 members (excludes halogenated alkanes) is 2. The molecule has 6 heteroatoms. The molecule has 0 spiro atoms. The molecule has 0 bridgehead atoms. The topological polar surface area (TPSA) is 61.5 Å². The van der Waals surface area contributed by atoms with Crippen molar-refractivity contribution in [3.8, 4) is 5.75 Å². The molecule has 2 N–H and O–H groups in total. The van der Waals surface area contributed by atoms with Gasteiger partial charge >= 0.3 is 5.97 Å². The van der Waals surface area contributed by atoms with Gasteiger partial charge in [0.1, 0.15) is 16.6 Å². The van der Waals surface area contributed by atoms with E-state index in [0.29, 0.717) is 25.4 Å². The minimum Gasteiger partial charge on any atom is -0.493 e. The van der Waals surface area contributed by atoms with Crippen molar-refractivity contribution < 1.29 is 18.7 Å². The second-order valence-electron chi connectivity index (χ2n) is 4.44. The lowest BCUT2D eigenvalue weighted by molar-refractivity contribution is -0.143. The molecule has 0 amide bonds. The van der Waals surface area contributed by atoms with Crippen LogP contribution in [0.25, 0.3) is 0 Å². The summed E-state index contributed by atoms with van der Waals surface area (Å²) in [4.78, 5) is 11.1. The Balaban J connectivity index is 2.32. The summed E-state index contributed by atoms with van der Waals surface area (Å²) < 4.78 is 23.9. The maximum absolute atomic E-state index is 13.6. The Morgan fingerprint density at radius 3 is 2.76 bits per heavy atom. The van der Waals surface area contributed by atoms with Crippen LogP contribution < -0.4 is 10.5 Å². The standard InChI is InChI=1S/C15H20FNO3S/c1-2-19-13(18)9-4-3-5-10-20-12-8-6-7-11(16)14(12)15(17)21/h6-8H,2-5,9-10H2,1H3,(H2,17,21). The van der Waals surface area contributed by atoms with Gasteiger partial charge in [0, 0.05) is 6.42 Å². The van der Waals surface area contributed by atoms with Crippen molar-refractivity contribution in [3.63, 3.8) is 0 Å². The summed E-state index contributed by atoms with van der Waals surface area (Å²) >= 11 is 4.82. The van der Waals surface area contributed by atoms with Crippen molar-refractivity contribution in [2.45, 2.75) is 32.6 Å². The van der Waals surface area contributed by atoms with Gasteiger partial charge in [0.25, 0.3) is 0 Å². The van der Waals surface area contributed by atoms with Crippen molar-refractivity contribution in [1.29, 1.82) is 0 Å². The number of rotatable bonds is 9. The predicted molar refractivity (Wildman–Crippen MR) is 82.9 cm³/mol. The lowest BCUT2D eigenvalue weighted by atomic mass is 10.2. The summed E-state index contributed by atoms with van der Waals surface area (Å²) in [5, 5.41) is 0. The molecule has 4 nitrogen and oxygen atoms in total. The number of carbonyl (C=O) groups excluding carboxylic acids is 1. The van der Waals surface area contributed by atoms with Crippen molar-refractivity contribution in [2.24, 2.45) is 5.73 Å². The number of ether oxygens (including phenoxy) is 2. The van der Waals surface area contributed by atoms with Gasteiger partial charge in [-0.05, 0) is 38.3 Å². The van der Waals surface area contributed by atoms with E-state index in [0.717, 1.165) is 19.3 Å². The largest absolute Gasteiger partial charge is 0.493 e. The zero-order valence-electron chi connectivity index (χ0n) is 12.1. The molecule has 0 aromatic heterocycles. The van der Waals surface area contributed by atoms with Crippen molar-refractivity contribution in [1.82, 2.24) is 0 Å². The summed E-state index contributed by atoms with van der Waals surface area (Å²) in [6.45, 7) is 2.61. The van der Waals surface area contributed by atoms with Crippen LogP contribution in [0.2, 0.25) is 0 Å². The third-order valence-electron chi connectivity index (χ3n) is 2.81. The number of benzene rings is 1. The SMILES string of the molecule is CCOC(=O)CCCCCOc1cccc(F)c1C(N)=S. The fourth-order valence-electron chi connectivity index (χ4n) is 1.83. The van der Waals surface area contributed by atoms with Crippen molar-refractivity contribution in [3.05, 3.63) is 29.6 Å². The van der Waals surface area contributed by atoms with E-state index in [1.807, 2.05) is 0 Å². The van der Waals surface area contributed by atoms with Crippen molar-refractivity contribution in [2.75, 3.05) is 13.2 Å². The number of carbonyl (C=O) groups is 1. The molecular weight excluding hydrogens is 293 g/mol. The zero-order valence-corrected chi connectivity index (χ0v) is 12.9. The molecule has 0 aliphatic rings. The highest BCUT2D eigenvalue weighted by Crippen LogP contribution is 2.21. The molecule has 0 heterocycles. The third-order valence-corrected chi connectivity index (χ3v) is 3.01. The van der Waals surface area contributed by atoms with Gasteiger partial charge in [-0.15, -0.1) is 0 Å². The van der Waals surface area contributed by atoms with Gasteiger partial charge in [-0.1, -0.05) is 18.3 Å². The van der Waals surface area contributed by atoms with E-state index in [-0.39, 0.29) is 16.5 Å². The molecule has 21 heavy (non-hydrogen) atoms. The van der Waals surface area contributed by atoms with Crippen LogP contribution in [0.4, 0.5) is 4.39 Å². The monoisotopic (exact) mass is 313 g/mol. The van der Waals surface area contributed by atoms with Crippen LogP contribution in [0, 0.1) is 5.82 Å². The lowest BCUT2D eigenvalue weighted by Crippen LogP contribution is -2.14. The first-order valence-electron chi connectivity index (χ1n) is 6.93. The highest BCUT2D eigenvalue weighted by molar-refractivity contribution is 7.80. The summed E-state index contributed by atoms with van der Waals surface area (Å²) in [5.74, 6) is -0.311. The summed E-state index contributed by atoms with van der Waals surface area (Å²) in [6.07, 6.45) is 2.74. The Labute approximate surface area is 129 Å². The first-order valence-corrected chi connectivity index (χ1v) is 7.33. The quantitative estimate of drug-likeness (QED) is 0.431. The van der Waals surface area contributed by atoms with Gasteiger partial charge in [-0.25, -0.2) is 4.39 Å². The maximum atomic E-state index is 13.6. The molecule has 0 aliphatic carbocycles. The van der Waals surface area contributed by atoms with Crippen LogP contribution in [-0.2, 0) is 9.53 Å². The highest BCUT2D eigenvalue weighted by Gasteiger charge is 2.12. The first kappa shape index (κ1) is 17.4. The molecule has 1 aromatic rings. The van der Waals surface area contributed by atoms with Crippen LogP contribution in [0.1, 0.15) is 38.2 Å². The molecule has 0 fully saturated rings. The van der Waals surface area contributed by atoms with Gasteiger partial charge in [-0.2, -0.15) is 0 Å². The number of thiocarbonyl (C=S) groups is 1. The smallest absolute Gasteiger partial charge is 0.305 e. The number of hydrogen-bond acceptors (Lipinski definition) is 4.